The molecule has 6 nitrogen and oxygen atoms in total. The molecule has 0 N–H and O–H groups in total. The molecule has 0 spiro atoms. The monoisotopic (exact) mass is 338 g/mol. The molecule has 6 heteroatoms. The van der Waals surface area contributed by atoms with Gasteiger partial charge >= 0.3 is 0 Å². The number of hydrogen-bond acceptors (Lipinski definition) is 6. The maximum absolute atomic E-state index is 5.65. The second-order valence-corrected chi connectivity index (χ2v) is 6.69. The third-order valence-corrected chi connectivity index (χ3v) is 4.60. The highest BCUT2D eigenvalue weighted by Crippen LogP contribution is 2.23. The maximum Gasteiger partial charge on any atom is 0.226 e. The van der Waals surface area contributed by atoms with Crippen LogP contribution in [0, 0.1) is 12.8 Å². The first-order valence-corrected chi connectivity index (χ1v) is 8.77. The molecule has 4 rings (SSSR count). The lowest BCUT2D eigenvalue weighted by Crippen LogP contribution is -2.36. The lowest BCUT2D eigenvalue weighted by molar-refractivity contribution is 0.163. The largest absolute Gasteiger partial charge is 0.444 e. The second-order valence-electron chi connectivity index (χ2n) is 6.69. The van der Waals surface area contributed by atoms with E-state index in [4.69, 9.17) is 8.94 Å². The van der Waals surface area contributed by atoms with Crippen LogP contribution in [0.15, 0.2) is 45.5 Å². The van der Waals surface area contributed by atoms with Crippen molar-refractivity contribution >= 4 is 0 Å². The standard InChI is InChI=1S/C19H22N4O2/c1-14-20-18(22-25-14)10-15-6-5-9-23(11-15)12-17-13-24-19(21-17)16-7-3-2-4-8-16/h2-4,7-8,13,15H,5-6,9-12H2,1H3. The Morgan fingerprint density at radius 2 is 2.08 bits per heavy atom. The zero-order valence-electron chi connectivity index (χ0n) is 14.4. The van der Waals surface area contributed by atoms with Gasteiger partial charge in [0.05, 0.1) is 5.69 Å². The smallest absolute Gasteiger partial charge is 0.226 e. The Labute approximate surface area is 146 Å². The van der Waals surface area contributed by atoms with Gasteiger partial charge in [0.25, 0.3) is 0 Å². The van der Waals surface area contributed by atoms with Gasteiger partial charge in [0, 0.05) is 32.0 Å². The summed E-state index contributed by atoms with van der Waals surface area (Å²) < 4.78 is 10.7. The Hall–Kier alpha value is -2.47. The Kier molecular flexibility index (Phi) is 4.61. The van der Waals surface area contributed by atoms with Crippen molar-refractivity contribution in [3.05, 3.63) is 54.0 Å². The van der Waals surface area contributed by atoms with Gasteiger partial charge in [-0.2, -0.15) is 4.98 Å². The summed E-state index contributed by atoms with van der Waals surface area (Å²) in [6.07, 6.45) is 5.04. The quantitative estimate of drug-likeness (QED) is 0.709. The first kappa shape index (κ1) is 16.0. The number of oxazole rings is 1. The van der Waals surface area contributed by atoms with Crippen LogP contribution in [0.1, 0.15) is 30.3 Å². The molecule has 0 saturated carbocycles. The summed E-state index contributed by atoms with van der Waals surface area (Å²) in [5, 5.41) is 4.02. The van der Waals surface area contributed by atoms with Gasteiger partial charge in [-0.25, -0.2) is 4.98 Å². The fraction of sp³-hybridized carbons (Fsp3) is 0.421. The molecule has 1 aliphatic heterocycles. The third-order valence-electron chi connectivity index (χ3n) is 4.60. The second kappa shape index (κ2) is 7.19. The van der Waals surface area contributed by atoms with Crippen molar-refractivity contribution in [1.82, 2.24) is 20.0 Å². The molecule has 0 bridgehead atoms. The number of benzene rings is 1. The van der Waals surface area contributed by atoms with Gasteiger partial charge in [0.15, 0.2) is 5.82 Å². The fourth-order valence-corrected chi connectivity index (χ4v) is 3.47. The summed E-state index contributed by atoms with van der Waals surface area (Å²) in [5.74, 6) is 2.70. The molecule has 1 aliphatic rings. The van der Waals surface area contributed by atoms with Crippen LogP contribution in [0.4, 0.5) is 0 Å². The van der Waals surface area contributed by atoms with Crippen LogP contribution in [0.5, 0.6) is 0 Å². The molecule has 1 aromatic carbocycles. The molecule has 3 heterocycles. The number of rotatable bonds is 5. The Morgan fingerprint density at radius 1 is 1.20 bits per heavy atom. The van der Waals surface area contributed by atoms with Crippen molar-refractivity contribution in [2.75, 3.05) is 13.1 Å². The Balaban J connectivity index is 1.37. The highest BCUT2D eigenvalue weighted by molar-refractivity contribution is 5.52. The van der Waals surface area contributed by atoms with Crippen LogP contribution in [0.2, 0.25) is 0 Å². The first-order chi connectivity index (χ1) is 12.3. The zero-order valence-corrected chi connectivity index (χ0v) is 14.4. The molecular weight excluding hydrogens is 316 g/mol. The van der Waals surface area contributed by atoms with Gasteiger partial charge in [-0.05, 0) is 37.4 Å². The summed E-state index contributed by atoms with van der Waals surface area (Å²) in [4.78, 5) is 11.4. The van der Waals surface area contributed by atoms with Gasteiger partial charge < -0.3 is 8.94 Å². The van der Waals surface area contributed by atoms with Gasteiger partial charge in [0.1, 0.15) is 6.26 Å². The van der Waals surface area contributed by atoms with E-state index in [0.29, 0.717) is 17.7 Å². The molecule has 0 aliphatic carbocycles. The summed E-state index contributed by atoms with van der Waals surface area (Å²) in [5.41, 5.74) is 1.99. The molecule has 1 unspecified atom stereocenters. The number of aromatic nitrogens is 3. The van der Waals surface area contributed by atoms with E-state index < -0.39 is 0 Å². The molecule has 130 valence electrons. The van der Waals surface area contributed by atoms with Gasteiger partial charge in [-0.15, -0.1) is 0 Å². The third kappa shape index (κ3) is 3.96. The highest BCUT2D eigenvalue weighted by atomic mass is 16.5. The molecular formula is C19H22N4O2. The predicted octanol–water partition coefficient (Wildman–Crippen LogP) is 3.49. The minimum absolute atomic E-state index is 0.561. The van der Waals surface area contributed by atoms with E-state index in [1.165, 1.54) is 12.8 Å². The fourth-order valence-electron chi connectivity index (χ4n) is 3.47. The molecule has 3 aromatic rings. The topological polar surface area (TPSA) is 68.2 Å². The van der Waals surface area contributed by atoms with Crippen LogP contribution in [-0.2, 0) is 13.0 Å². The number of aryl methyl sites for hydroxylation is 1. The van der Waals surface area contributed by atoms with E-state index in [2.05, 4.69) is 20.0 Å². The lowest BCUT2D eigenvalue weighted by atomic mass is 9.94. The molecule has 1 fully saturated rings. The number of nitrogens with zero attached hydrogens (tertiary/aromatic N) is 4. The molecule has 1 atom stereocenters. The first-order valence-electron chi connectivity index (χ1n) is 8.77. The van der Waals surface area contributed by atoms with Crippen molar-refractivity contribution < 1.29 is 8.94 Å². The van der Waals surface area contributed by atoms with Gasteiger partial charge in [-0.1, -0.05) is 23.4 Å². The van der Waals surface area contributed by atoms with E-state index >= 15 is 0 Å². The summed E-state index contributed by atoms with van der Waals surface area (Å²) in [6, 6.07) is 10.0. The number of piperidine rings is 1. The summed E-state index contributed by atoms with van der Waals surface area (Å²) in [7, 11) is 0. The molecule has 1 saturated heterocycles. The normalized spacial score (nSPS) is 18.5. The van der Waals surface area contributed by atoms with Crippen molar-refractivity contribution in [3.8, 4) is 11.5 Å². The molecule has 25 heavy (non-hydrogen) atoms. The van der Waals surface area contributed by atoms with E-state index in [9.17, 15) is 0 Å². The predicted molar refractivity (Wildman–Crippen MR) is 92.7 cm³/mol. The Morgan fingerprint density at radius 3 is 2.88 bits per heavy atom. The van der Waals surface area contributed by atoms with Crippen LogP contribution in [-0.4, -0.2) is 33.1 Å². The van der Waals surface area contributed by atoms with Crippen LogP contribution in [0.3, 0.4) is 0 Å². The van der Waals surface area contributed by atoms with Crippen LogP contribution < -0.4 is 0 Å². The van der Waals surface area contributed by atoms with Crippen molar-refractivity contribution in [3.63, 3.8) is 0 Å². The van der Waals surface area contributed by atoms with E-state index in [-0.39, 0.29) is 0 Å². The number of likely N-dealkylation sites (tertiary alicyclic amines) is 1. The maximum atomic E-state index is 5.65. The molecule has 0 radical (unpaired) electrons. The van der Waals surface area contributed by atoms with E-state index in [0.717, 1.165) is 43.1 Å². The zero-order chi connectivity index (χ0) is 17.1. The van der Waals surface area contributed by atoms with Gasteiger partial charge in [-0.3, -0.25) is 4.90 Å². The van der Waals surface area contributed by atoms with E-state index in [1.807, 2.05) is 37.3 Å². The Bertz CT molecular complexity index is 812. The SMILES string of the molecule is Cc1nc(CC2CCCN(Cc3coc(-c4ccccc4)n3)C2)no1. The van der Waals surface area contributed by atoms with Crippen LogP contribution in [0.25, 0.3) is 11.5 Å². The van der Waals surface area contributed by atoms with Crippen LogP contribution >= 0.6 is 0 Å². The summed E-state index contributed by atoms with van der Waals surface area (Å²) >= 11 is 0. The average molecular weight is 338 g/mol. The van der Waals surface area contributed by atoms with Crippen molar-refractivity contribution in [2.45, 2.75) is 32.7 Å². The average Bonchev–Trinajstić information content (AvgIpc) is 3.25. The van der Waals surface area contributed by atoms with Crippen molar-refractivity contribution in [2.24, 2.45) is 5.92 Å². The summed E-state index contributed by atoms with van der Waals surface area (Å²) in [6.45, 7) is 4.77. The number of hydrogen-bond donors (Lipinski definition) is 0. The molecule has 2 aromatic heterocycles. The van der Waals surface area contributed by atoms with Gasteiger partial charge in [0.2, 0.25) is 11.8 Å². The van der Waals surface area contributed by atoms with Crippen molar-refractivity contribution in [1.29, 1.82) is 0 Å². The van der Waals surface area contributed by atoms with E-state index in [1.54, 1.807) is 6.26 Å². The lowest BCUT2D eigenvalue weighted by Gasteiger charge is -2.31. The minimum atomic E-state index is 0.561. The molecule has 0 amide bonds. The highest BCUT2D eigenvalue weighted by Gasteiger charge is 2.22. The minimum Gasteiger partial charge on any atom is -0.444 e.